The van der Waals surface area contributed by atoms with Crippen LogP contribution in [0.2, 0.25) is 0 Å². The van der Waals surface area contributed by atoms with Crippen LogP contribution < -0.4 is 9.47 Å². The van der Waals surface area contributed by atoms with Gasteiger partial charge in [0.1, 0.15) is 12.3 Å². The average molecular weight is 345 g/mol. The van der Waals surface area contributed by atoms with Crippen molar-refractivity contribution in [1.82, 2.24) is 5.16 Å². The SMILES string of the molecule is COc1ccccc1OCC(=O)OCc1cc(-c2cccs2)on1. The number of para-hydroxylation sites is 2. The van der Waals surface area contributed by atoms with Crippen LogP contribution in [0.3, 0.4) is 0 Å². The lowest BCUT2D eigenvalue weighted by Gasteiger charge is -2.09. The molecular weight excluding hydrogens is 330 g/mol. The zero-order chi connectivity index (χ0) is 16.8. The second-order valence-corrected chi connectivity index (χ2v) is 5.71. The minimum atomic E-state index is -0.499. The summed E-state index contributed by atoms with van der Waals surface area (Å²) in [4.78, 5) is 12.8. The number of methoxy groups -OCH3 is 1. The molecule has 7 heteroatoms. The molecule has 3 aromatic rings. The highest BCUT2D eigenvalue weighted by Gasteiger charge is 2.11. The zero-order valence-corrected chi connectivity index (χ0v) is 13.7. The summed E-state index contributed by atoms with van der Waals surface area (Å²) >= 11 is 1.55. The molecule has 0 unspecified atom stereocenters. The first-order valence-electron chi connectivity index (χ1n) is 7.17. The molecular formula is C17H15NO5S. The van der Waals surface area contributed by atoms with Gasteiger partial charge in [-0.1, -0.05) is 23.4 Å². The van der Waals surface area contributed by atoms with Crippen molar-refractivity contribution in [1.29, 1.82) is 0 Å². The summed E-state index contributed by atoms with van der Waals surface area (Å²) in [5.41, 5.74) is 0.545. The van der Waals surface area contributed by atoms with E-state index in [4.69, 9.17) is 18.7 Å². The van der Waals surface area contributed by atoms with Gasteiger partial charge in [-0.15, -0.1) is 11.3 Å². The molecule has 0 spiro atoms. The van der Waals surface area contributed by atoms with Gasteiger partial charge in [0, 0.05) is 6.07 Å². The first-order valence-corrected chi connectivity index (χ1v) is 8.05. The number of ether oxygens (including phenoxy) is 3. The Morgan fingerprint density at radius 1 is 1.21 bits per heavy atom. The summed E-state index contributed by atoms with van der Waals surface area (Å²) in [5.74, 6) is 1.20. The number of esters is 1. The van der Waals surface area contributed by atoms with Gasteiger partial charge in [0.25, 0.3) is 0 Å². The summed E-state index contributed by atoms with van der Waals surface area (Å²) in [5, 5.41) is 5.83. The van der Waals surface area contributed by atoms with E-state index in [1.54, 1.807) is 35.6 Å². The summed E-state index contributed by atoms with van der Waals surface area (Å²) in [6.07, 6.45) is 0. The highest BCUT2D eigenvalue weighted by atomic mass is 32.1. The second-order valence-electron chi connectivity index (χ2n) is 4.76. The molecule has 0 saturated heterocycles. The van der Waals surface area contributed by atoms with Crippen molar-refractivity contribution in [3.63, 3.8) is 0 Å². The molecule has 0 fully saturated rings. The molecule has 24 heavy (non-hydrogen) atoms. The molecule has 2 heterocycles. The van der Waals surface area contributed by atoms with Crippen LogP contribution in [0.15, 0.2) is 52.4 Å². The van der Waals surface area contributed by atoms with E-state index in [0.29, 0.717) is 23.0 Å². The molecule has 1 aromatic carbocycles. The van der Waals surface area contributed by atoms with E-state index >= 15 is 0 Å². The molecule has 3 rings (SSSR count). The van der Waals surface area contributed by atoms with E-state index in [2.05, 4.69) is 5.16 Å². The van der Waals surface area contributed by atoms with Gasteiger partial charge >= 0.3 is 5.97 Å². The molecule has 0 N–H and O–H groups in total. The third-order valence-electron chi connectivity index (χ3n) is 3.12. The Balaban J connectivity index is 1.49. The van der Waals surface area contributed by atoms with Crippen molar-refractivity contribution in [2.24, 2.45) is 0 Å². The first kappa shape index (κ1) is 16.1. The van der Waals surface area contributed by atoms with Crippen molar-refractivity contribution in [2.75, 3.05) is 13.7 Å². The Morgan fingerprint density at radius 2 is 2.04 bits per heavy atom. The average Bonchev–Trinajstić information content (AvgIpc) is 3.29. The molecule has 0 aliphatic rings. The van der Waals surface area contributed by atoms with Crippen LogP contribution in [0.25, 0.3) is 10.6 Å². The van der Waals surface area contributed by atoms with Gasteiger partial charge < -0.3 is 18.7 Å². The van der Waals surface area contributed by atoms with Crippen molar-refractivity contribution in [3.8, 4) is 22.1 Å². The molecule has 6 nitrogen and oxygen atoms in total. The normalized spacial score (nSPS) is 10.4. The maximum Gasteiger partial charge on any atom is 0.344 e. The van der Waals surface area contributed by atoms with Crippen LogP contribution in [0, 0.1) is 0 Å². The lowest BCUT2D eigenvalue weighted by molar-refractivity contribution is -0.147. The van der Waals surface area contributed by atoms with Gasteiger partial charge in [-0.05, 0) is 23.6 Å². The molecule has 124 valence electrons. The van der Waals surface area contributed by atoms with E-state index in [-0.39, 0.29) is 13.2 Å². The van der Waals surface area contributed by atoms with E-state index in [0.717, 1.165) is 4.88 Å². The van der Waals surface area contributed by atoms with Crippen molar-refractivity contribution in [2.45, 2.75) is 6.61 Å². The molecule has 0 aliphatic carbocycles. The van der Waals surface area contributed by atoms with E-state index in [9.17, 15) is 4.79 Å². The van der Waals surface area contributed by atoms with E-state index < -0.39 is 5.97 Å². The van der Waals surface area contributed by atoms with Crippen LogP contribution in [-0.4, -0.2) is 24.8 Å². The highest BCUT2D eigenvalue weighted by Crippen LogP contribution is 2.26. The molecule has 0 amide bonds. The monoisotopic (exact) mass is 345 g/mol. The summed E-state index contributed by atoms with van der Waals surface area (Å²) < 4.78 is 20.9. The summed E-state index contributed by atoms with van der Waals surface area (Å²) in [6.45, 7) is -0.182. The van der Waals surface area contributed by atoms with Crippen LogP contribution in [0.1, 0.15) is 5.69 Å². The van der Waals surface area contributed by atoms with Crippen molar-refractivity contribution < 1.29 is 23.5 Å². The van der Waals surface area contributed by atoms with Crippen molar-refractivity contribution >= 4 is 17.3 Å². The third kappa shape index (κ3) is 3.94. The smallest absolute Gasteiger partial charge is 0.344 e. The number of carbonyl (C=O) groups excluding carboxylic acids is 1. The Morgan fingerprint density at radius 3 is 2.79 bits per heavy atom. The zero-order valence-electron chi connectivity index (χ0n) is 12.9. The Hall–Kier alpha value is -2.80. The minimum absolute atomic E-state index is 0.0307. The van der Waals surface area contributed by atoms with Gasteiger partial charge in [-0.3, -0.25) is 0 Å². The predicted molar refractivity (Wildman–Crippen MR) is 88.1 cm³/mol. The van der Waals surface area contributed by atoms with Crippen LogP contribution in [0.5, 0.6) is 11.5 Å². The number of benzene rings is 1. The number of hydrogen-bond acceptors (Lipinski definition) is 7. The molecule has 0 atom stereocenters. The van der Waals surface area contributed by atoms with E-state index in [1.807, 2.05) is 23.6 Å². The summed E-state index contributed by atoms with van der Waals surface area (Å²) in [6, 6.07) is 12.7. The number of rotatable bonds is 7. The molecule has 0 aliphatic heterocycles. The quantitative estimate of drug-likeness (QED) is 0.610. The number of hydrogen-bond donors (Lipinski definition) is 0. The third-order valence-corrected chi connectivity index (χ3v) is 4.00. The van der Waals surface area contributed by atoms with Gasteiger partial charge in [0.15, 0.2) is 23.9 Å². The highest BCUT2D eigenvalue weighted by molar-refractivity contribution is 7.13. The van der Waals surface area contributed by atoms with E-state index in [1.165, 1.54) is 7.11 Å². The molecule has 0 saturated carbocycles. The summed E-state index contributed by atoms with van der Waals surface area (Å²) in [7, 11) is 1.54. The minimum Gasteiger partial charge on any atom is -0.493 e. The van der Waals surface area contributed by atoms with Crippen molar-refractivity contribution in [3.05, 3.63) is 53.5 Å². The fourth-order valence-electron chi connectivity index (χ4n) is 1.99. The largest absolute Gasteiger partial charge is 0.493 e. The molecule has 2 aromatic heterocycles. The number of aromatic nitrogens is 1. The molecule has 0 radical (unpaired) electrons. The fourth-order valence-corrected chi connectivity index (χ4v) is 2.66. The van der Waals surface area contributed by atoms with Gasteiger partial charge in [0.05, 0.1) is 12.0 Å². The van der Waals surface area contributed by atoms with Gasteiger partial charge in [-0.25, -0.2) is 4.79 Å². The molecule has 0 bridgehead atoms. The number of thiophene rings is 1. The Labute approximate surface area is 142 Å². The lowest BCUT2D eigenvalue weighted by Crippen LogP contribution is -2.15. The van der Waals surface area contributed by atoms with Crippen LogP contribution in [-0.2, 0) is 16.1 Å². The fraction of sp³-hybridized carbons (Fsp3) is 0.176. The van der Waals surface area contributed by atoms with Crippen LogP contribution in [0.4, 0.5) is 0 Å². The Kier molecular flexibility index (Phi) is 5.12. The topological polar surface area (TPSA) is 70.8 Å². The van der Waals surface area contributed by atoms with Gasteiger partial charge in [-0.2, -0.15) is 0 Å². The number of carbonyl (C=O) groups is 1. The lowest BCUT2D eigenvalue weighted by atomic mass is 10.3. The second kappa shape index (κ2) is 7.65. The maximum atomic E-state index is 11.8. The standard InChI is InChI=1S/C17H15NO5S/c1-20-13-5-2-3-6-14(13)21-11-17(19)22-10-12-9-15(23-18-12)16-7-4-8-24-16/h2-9H,10-11H2,1H3. The number of nitrogens with zero attached hydrogens (tertiary/aromatic N) is 1. The Bertz CT molecular complexity index is 797. The van der Waals surface area contributed by atoms with Gasteiger partial charge in [0.2, 0.25) is 0 Å². The first-order chi connectivity index (χ1) is 11.8. The maximum absolute atomic E-state index is 11.8. The van der Waals surface area contributed by atoms with Crippen LogP contribution >= 0.6 is 11.3 Å². The predicted octanol–water partition coefficient (Wildman–Crippen LogP) is 3.53.